The molecule has 1 saturated carbocycles. The van der Waals surface area contributed by atoms with E-state index in [1.807, 2.05) is 0 Å². The summed E-state index contributed by atoms with van der Waals surface area (Å²) in [6.07, 6.45) is 10.3. The Balaban J connectivity index is 1.21. The van der Waals surface area contributed by atoms with Gasteiger partial charge in [-0.05, 0) is 63.5 Å². The normalized spacial score (nSPS) is 32.4. The lowest BCUT2D eigenvalue weighted by Crippen LogP contribution is -2.53. The molecule has 3 saturated heterocycles. The largest absolute Gasteiger partial charge is 0.379 e. The molecule has 148 valence electrons. The Morgan fingerprint density at radius 1 is 0.808 bits per heavy atom. The summed E-state index contributed by atoms with van der Waals surface area (Å²) in [7, 11) is 0. The number of piperidine rings is 2. The molecule has 4 fully saturated rings. The monoisotopic (exact) mass is 363 g/mol. The molecule has 3 aliphatic heterocycles. The van der Waals surface area contributed by atoms with Crippen molar-refractivity contribution in [2.45, 2.75) is 57.4 Å². The molecule has 3 heterocycles. The first-order valence-corrected chi connectivity index (χ1v) is 11.1. The molecule has 0 aromatic carbocycles. The van der Waals surface area contributed by atoms with Crippen molar-refractivity contribution in [3.05, 3.63) is 0 Å². The maximum atomic E-state index is 13.0. The van der Waals surface area contributed by atoms with Crippen molar-refractivity contribution in [3.63, 3.8) is 0 Å². The minimum Gasteiger partial charge on any atom is -0.379 e. The summed E-state index contributed by atoms with van der Waals surface area (Å²) in [5, 5.41) is 0. The van der Waals surface area contributed by atoms with Gasteiger partial charge in [-0.1, -0.05) is 12.8 Å². The Kier molecular flexibility index (Phi) is 6.49. The molecule has 5 nitrogen and oxygen atoms in total. The van der Waals surface area contributed by atoms with Gasteiger partial charge in [0.05, 0.1) is 19.8 Å². The quantitative estimate of drug-likeness (QED) is 0.767. The minimum atomic E-state index is 0.410. The molecule has 5 heteroatoms. The SMILES string of the molecule is O=C(CN1CCC(CN2CCOCC2)CC1)N1CCCC2CCCCC21. The van der Waals surface area contributed by atoms with Gasteiger partial charge in [-0.2, -0.15) is 0 Å². The van der Waals surface area contributed by atoms with Gasteiger partial charge in [0.25, 0.3) is 0 Å². The number of ether oxygens (including phenoxy) is 1. The van der Waals surface area contributed by atoms with Crippen LogP contribution < -0.4 is 0 Å². The zero-order valence-electron chi connectivity index (χ0n) is 16.4. The van der Waals surface area contributed by atoms with Crippen LogP contribution in [0.1, 0.15) is 51.4 Å². The van der Waals surface area contributed by atoms with E-state index in [9.17, 15) is 4.79 Å². The number of fused-ring (bicyclic) bond motifs is 1. The van der Waals surface area contributed by atoms with Crippen molar-refractivity contribution in [1.82, 2.24) is 14.7 Å². The number of rotatable bonds is 4. The molecule has 4 rings (SSSR count). The maximum absolute atomic E-state index is 13.0. The van der Waals surface area contributed by atoms with Crippen molar-refractivity contribution in [1.29, 1.82) is 0 Å². The van der Waals surface area contributed by atoms with Gasteiger partial charge in [-0.25, -0.2) is 0 Å². The predicted molar refractivity (Wildman–Crippen MR) is 103 cm³/mol. The van der Waals surface area contributed by atoms with Gasteiger partial charge in [-0.3, -0.25) is 14.6 Å². The van der Waals surface area contributed by atoms with Crippen molar-refractivity contribution in [3.8, 4) is 0 Å². The number of carbonyl (C=O) groups excluding carboxylic acids is 1. The lowest BCUT2D eigenvalue weighted by Gasteiger charge is -2.45. The van der Waals surface area contributed by atoms with Crippen LogP contribution in [-0.4, -0.2) is 85.7 Å². The summed E-state index contributed by atoms with van der Waals surface area (Å²) in [6, 6.07) is 0.559. The van der Waals surface area contributed by atoms with Gasteiger partial charge in [0.1, 0.15) is 0 Å². The molecular weight excluding hydrogens is 326 g/mol. The second-order valence-corrected chi connectivity index (χ2v) is 8.97. The van der Waals surface area contributed by atoms with Crippen LogP contribution in [0.5, 0.6) is 0 Å². The topological polar surface area (TPSA) is 36.0 Å². The van der Waals surface area contributed by atoms with Gasteiger partial charge in [0.2, 0.25) is 5.91 Å². The number of amides is 1. The lowest BCUT2D eigenvalue weighted by molar-refractivity contribution is -0.139. The Labute approximate surface area is 159 Å². The number of nitrogens with zero attached hydrogens (tertiary/aromatic N) is 3. The van der Waals surface area contributed by atoms with Crippen LogP contribution in [0.4, 0.5) is 0 Å². The second kappa shape index (κ2) is 9.03. The maximum Gasteiger partial charge on any atom is 0.237 e. The molecule has 1 amide bonds. The highest BCUT2D eigenvalue weighted by atomic mass is 16.5. The number of morpholine rings is 1. The van der Waals surface area contributed by atoms with Crippen molar-refractivity contribution in [2.75, 3.05) is 59.0 Å². The van der Waals surface area contributed by atoms with Crippen LogP contribution in [0.2, 0.25) is 0 Å². The number of likely N-dealkylation sites (tertiary alicyclic amines) is 2. The smallest absolute Gasteiger partial charge is 0.237 e. The summed E-state index contributed by atoms with van der Waals surface area (Å²) in [5.41, 5.74) is 0. The number of hydrogen-bond donors (Lipinski definition) is 0. The van der Waals surface area contributed by atoms with Crippen LogP contribution >= 0.6 is 0 Å². The minimum absolute atomic E-state index is 0.410. The van der Waals surface area contributed by atoms with E-state index in [0.717, 1.165) is 57.8 Å². The van der Waals surface area contributed by atoms with E-state index in [1.165, 1.54) is 57.9 Å². The molecule has 2 atom stereocenters. The highest BCUT2D eigenvalue weighted by Crippen LogP contribution is 2.35. The summed E-state index contributed by atoms with van der Waals surface area (Å²) < 4.78 is 5.45. The molecule has 4 aliphatic rings. The Morgan fingerprint density at radius 3 is 2.35 bits per heavy atom. The predicted octanol–water partition coefficient (Wildman–Crippen LogP) is 2.21. The fourth-order valence-corrected chi connectivity index (χ4v) is 5.69. The summed E-state index contributed by atoms with van der Waals surface area (Å²) >= 11 is 0. The molecule has 2 unspecified atom stereocenters. The highest BCUT2D eigenvalue weighted by molar-refractivity contribution is 5.78. The van der Waals surface area contributed by atoms with E-state index >= 15 is 0 Å². The van der Waals surface area contributed by atoms with Crippen LogP contribution in [0.25, 0.3) is 0 Å². The average molecular weight is 364 g/mol. The molecule has 26 heavy (non-hydrogen) atoms. The highest BCUT2D eigenvalue weighted by Gasteiger charge is 2.36. The van der Waals surface area contributed by atoms with E-state index in [4.69, 9.17) is 4.74 Å². The summed E-state index contributed by atoms with van der Waals surface area (Å²) in [4.78, 5) is 20.2. The molecule has 0 spiro atoms. The van der Waals surface area contributed by atoms with E-state index < -0.39 is 0 Å². The first-order valence-electron chi connectivity index (χ1n) is 11.1. The third-order valence-corrected chi connectivity index (χ3v) is 7.25. The zero-order chi connectivity index (χ0) is 17.8. The first-order chi connectivity index (χ1) is 12.8. The van der Waals surface area contributed by atoms with E-state index in [1.54, 1.807) is 0 Å². The second-order valence-electron chi connectivity index (χ2n) is 8.97. The molecular formula is C21H37N3O2. The Hall–Kier alpha value is -0.650. The van der Waals surface area contributed by atoms with E-state index in [0.29, 0.717) is 18.5 Å². The van der Waals surface area contributed by atoms with Gasteiger partial charge in [-0.15, -0.1) is 0 Å². The molecule has 0 aromatic heterocycles. The Morgan fingerprint density at radius 2 is 1.54 bits per heavy atom. The molecule has 0 aromatic rings. The van der Waals surface area contributed by atoms with Gasteiger partial charge >= 0.3 is 0 Å². The Bertz CT molecular complexity index is 456. The van der Waals surface area contributed by atoms with Crippen molar-refractivity contribution >= 4 is 5.91 Å². The van der Waals surface area contributed by atoms with Gasteiger partial charge in [0, 0.05) is 32.2 Å². The lowest BCUT2D eigenvalue weighted by atomic mass is 9.78. The fourth-order valence-electron chi connectivity index (χ4n) is 5.69. The van der Waals surface area contributed by atoms with Crippen molar-refractivity contribution < 1.29 is 9.53 Å². The third-order valence-electron chi connectivity index (χ3n) is 7.25. The number of carbonyl (C=O) groups is 1. The van der Waals surface area contributed by atoms with E-state index in [-0.39, 0.29) is 0 Å². The first kappa shape index (κ1) is 18.7. The van der Waals surface area contributed by atoms with Crippen LogP contribution in [0.15, 0.2) is 0 Å². The van der Waals surface area contributed by atoms with Gasteiger partial charge < -0.3 is 9.64 Å². The standard InChI is InChI=1S/C21H37N3O2/c25-21(24-9-3-5-19-4-1-2-6-20(19)24)17-22-10-7-18(8-11-22)16-23-12-14-26-15-13-23/h18-20H,1-17H2. The molecule has 0 radical (unpaired) electrons. The fraction of sp³-hybridized carbons (Fsp3) is 0.952. The third kappa shape index (κ3) is 4.60. The summed E-state index contributed by atoms with van der Waals surface area (Å²) in [6.45, 7) is 9.07. The van der Waals surface area contributed by atoms with Crippen molar-refractivity contribution in [2.24, 2.45) is 11.8 Å². The van der Waals surface area contributed by atoms with Crippen LogP contribution in [-0.2, 0) is 9.53 Å². The average Bonchev–Trinajstić information content (AvgIpc) is 2.70. The zero-order valence-corrected chi connectivity index (χ0v) is 16.4. The van der Waals surface area contributed by atoms with Gasteiger partial charge in [0.15, 0.2) is 0 Å². The summed E-state index contributed by atoms with van der Waals surface area (Å²) in [5.74, 6) is 2.01. The molecule has 0 bridgehead atoms. The van der Waals surface area contributed by atoms with Crippen LogP contribution in [0.3, 0.4) is 0 Å². The number of hydrogen-bond acceptors (Lipinski definition) is 4. The van der Waals surface area contributed by atoms with E-state index in [2.05, 4.69) is 14.7 Å². The molecule has 1 aliphatic carbocycles. The molecule has 0 N–H and O–H groups in total. The van der Waals surface area contributed by atoms with Crippen LogP contribution in [0, 0.1) is 11.8 Å².